The summed E-state index contributed by atoms with van der Waals surface area (Å²) in [5.74, 6) is -0.0397. The highest BCUT2D eigenvalue weighted by Crippen LogP contribution is 2.23. The average molecular weight is 405 g/mol. The number of aromatic nitrogens is 3. The van der Waals surface area contributed by atoms with Crippen molar-refractivity contribution < 1.29 is 4.79 Å². The predicted octanol–water partition coefficient (Wildman–Crippen LogP) is 4.39. The summed E-state index contributed by atoms with van der Waals surface area (Å²) in [5, 5.41) is 3.91. The number of hydrogen-bond acceptors (Lipinski definition) is 4. The number of rotatable bonds is 6. The molecule has 0 fully saturated rings. The highest BCUT2D eigenvalue weighted by Gasteiger charge is 2.18. The maximum Gasteiger partial charge on any atom is 0.278 e. The number of nitrogens with zero attached hydrogens (tertiary/aromatic N) is 2. The standard InChI is InChI=1S/C19H21ClN4O2S/c1-4-12(3)24-18(26)17-15(8-11(2)21-17)23-19(24)27-10-16(25)22-14-7-5-6-13(20)9-14/h5-9,12,21H,4,10H2,1-3H3,(H,22,25)/t12-/m1/s1. The molecule has 142 valence electrons. The van der Waals surface area contributed by atoms with Crippen LogP contribution in [0.5, 0.6) is 0 Å². The molecule has 2 heterocycles. The Kier molecular flexibility index (Phi) is 5.92. The van der Waals surface area contributed by atoms with E-state index < -0.39 is 0 Å². The van der Waals surface area contributed by atoms with E-state index in [0.29, 0.717) is 26.9 Å². The monoisotopic (exact) mass is 404 g/mol. The first-order valence-corrected chi connectivity index (χ1v) is 10.1. The molecular formula is C19H21ClN4O2S. The van der Waals surface area contributed by atoms with Gasteiger partial charge in [0.25, 0.3) is 5.56 Å². The molecule has 0 radical (unpaired) electrons. The first-order chi connectivity index (χ1) is 12.9. The van der Waals surface area contributed by atoms with Crippen molar-refractivity contribution >= 4 is 46.0 Å². The van der Waals surface area contributed by atoms with Crippen LogP contribution in [0.4, 0.5) is 5.69 Å². The van der Waals surface area contributed by atoms with Gasteiger partial charge in [-0.25, -0.2) is 4.98 Å². The van der Waals surface area contributed by atoms with Gasteiger partial charge in [0.05, 0.1) is 11.3 Å². The van der Waals surface area contributed by atoms with Crippen LogP contribution in [0.3, 0.4) is 0 Å². The highest BCUT2D eigenvalue weighted by atomic mass is 35.5. The predicted molar refractivity (Wildman–Crippen MR) is 111 cm³/mol. The lowest BCUT2D eigenvalue weighted by Gasteiger charge is -2.17. The fourth-order valence-corrected chi connectivity index (χ4v) is 3.84. The number of carbonyl (C=O) groups excluding carboxylic acids is 1. The van der Waals surface area contributed by atoms with Gasteiger partial charge >= 0.3 is 0 Å². The fraction of sp³-hybridized carbons (Fsp3) is 0.316. The zero-order valence-corrected chi connectivity index (χ0v) is 16.9. The lowest BCUT2D eigenvalue weighted by atomic mass is 10.2. The molecule has 0 bridgehead atoms. The first kappa shape index (κ1) is 19.5. The molecule has 0 aliphatic carbocycles. The molecule has 1 aromatic carbocycles. The van der Waals surface area contributed by atoms with Gasteiger partial charge in [-0.1, -0.05) is 36.4 Å². The molecule has 0 saturated heterocycles. The maximum atomic E-state index is 12.9. The number of nitrogens with one attached hydrogen (secondary N) is 2. The van der Waals surface area contributed by atoms with E-state index in [1.165, 1.54) is 11.8 Å². The van der Waals surface area contributed by atoms with Crippen molar-refractivity contribution in [2.75, 3.05) is 11.1 Å². The quantitative estimate of drug-likeness (QED) is 0.471. The Hall–Kier alpha value is -2.25. The minimum Gasteiger partial charge on any atom is -0.353 e. The Morgan fingerprint density at radius 2 is 2.19 bits per heavy atom. The summed E-state index contributed by atoms with van der Waals surface area (Å²) in [6.45, 7) is 5.88. The molecular weight excluding hydrogens is 384 g/mol. The van der Waals surface area contributed by atoms with Crippen LogP contribution in [0.2, 0.25) is 5.02 Å². The number of aryl methyl sites for hydroxylation is 1. The zero-order chi connectivity index (χ0) is 19.6. The van der Waals surface area contributed by atoms with E-state index in [1.807, 2.05) is 26.8 Å². The third kappa shape index (κ3) is 4.36. The molecule has 0 spiro atoms. The zero-order valence-electron chi connectivity index (χ0n) is 15.4. The van der Waals surface area contributed by atoms with Crippen LogP contribution in [0.25, 0.3) is 11.0 Å². The van der Waals surface area contributed by atoms with Crippen molar-refractivity contribution in [3.63, 3.8) is 0 Å². The molecule has 1 amide bonds. The molecule has 3 rings (SSSR count). The lowest BCUT2D eigenvalue weighted by Crippen LogP contribution is -2.26. The molecule has 1 atom stereocenters. The van der Waals surface area contributed by atoms with E-state index in [2.05, 4.69) is 15.3 Å². The number of H-pyrrole nitrogens is 1. The summed E-state index contributed by atoms with van der Waals surface area (Å²) in [6.07, 6.45) is 0.787. The van der Waals surface area contributed by atoms with E-state index in [4.69, 9.17) is 11.6 Å². The second-order valence-corrected chi connectivity index (χ2v) is 7.77. The number of anilines is 1. The third-order valence-corrected chi connectivity index (χ3v) is 5.45. The van der Waals surface area contributed by atoms with Crippen LogP contribution < -0.4 is 10.9 Å². The number of fused-ring (bicyclic) bond motifs is 1. The van der Waals surface area contributed by atoms with Crippen LogP contribution in [-0.2, 0) is 4.79 Å². The van der Waals surface area contributed by atoms with E-state index in [0.717, 1.165) is 12.1 Å². The van der Waals surface area contributed by atoms with E-state index in [-0.39, 0.29) is 23.3 Å². The van der Waals surface area contributed by atoms with E-state index in [1.54, 1.807) is 28.8 Å². The summed E-state index contributed by atoms with van der Waals surface area (Å²) in [7, 11) is 0. The average Bonchev–Trinajstić information content (AvgIpc) is 3.00. The lowest BCUT2D eigenvalue weighted by molar-refractivity contribution is -0.113. The molecule has 27 heavy (non-hydrogen) atoms. The number of aromatic amines is 1. The number of carbonyl (C=O) groups is 1. The van der Waals surface area contributed by atoms with Crippen LogP contribution in [0, 0.1) is 6.92 Å². The Labute approximate surface area is 166 Å². The number of hydrogen-bond donors (Lipinski definition) is 2. The smallest absolute Gasteiger partial charge is 0.278 e. The SMILES string of the molecule is CC[C@@H](C)n1c(SCC(=O)Nc2cccc(Cl)c2)nc2cc(C)[nH]c2c1=O. The third-order valence-electron chi connectivity index (χ3n) is 4.26. The van der Waals surface area contributed by atoms with Gasteiger partial charge in [-0.15, -0.1) is 0 Å². The number of halogens is 1. The molecule has 0 saturated carbocycles. The summed E-state index contributed by atoms with van der Waals surface area (Å²) in [6, 6.07) is 8.80. The Bertz CT molecular complexity index is 1040. The topological polar surface area (TPSA) is 79.8 Å². The van der Waals surface area contributed by atoms with Crippen LogP contribution in [-0.4, -0.2) is 26.2 Å². The van der Waals surface area contributed by atoms with Gasteiger partial charge in [0.2, 0.25) is 5.91 Å². The van der Waals surface area contributed by atoms with Crippen LogP contribution >= 0.6 is 23.4 Å². The van der Waals surface area contributed by atoms with Gasteiger partial charge in [0.1, 0.15) is 5.52 Å². The second-order valence-electron chi connectivity index (χ2n) is 6.39. The van der Waals surface area contributed by atoms with Crippen molar-refractivity contribution in [3.8, 4) is 0 Å². The largest absolute Gasteiger partial charge is 0.353 e. The second kappa shape index (κ2) is 8.19. The molecule has 0 unspecified atom stereocenters. The minimum atomic E-state index is -0.183. The van der Waals surface area contributed by atoms with Crippen molar-refractivity contribution in [1.29, 1.82) is 0 Å². The maximum absolute atomic E-state index is 12.9. The van der Waals surface area contributed by atoms with E-state index in [9.17, 15) is 9.59 Å². The molecule has 8 heteroatoms. The van der Waals surface area contributed by atoms with Gasteiger partial charge in [-0.2, -0.15) is 0 Å². The Morgan fingerprint density at radius 1 is 1.41 bits per heavy atom. The summed E-state index contributed by atoms with van der Waals surface area (Å²) in [4.78, 5) is 32.9. The van der Waals surface area contributed by atoms with Gasteiger partial charge in [-0.3, -0.25) is 14.2 Å². The number of thioether (sulfide) groups is 1. The molecule has 6 nitrogen and oxygen atoms in total. The Morgan fingerprint density at radius 3 is 2.89 bits per heavy atom. The van der Waals surface area contributed by atoms with Crippen molar-refractivity contribution in [3.05, 3.63) is 51.4 Å². The minimum absolute atomic E-state index is 0.0171. The fourth-order valence-electron chi connectivity index (χ4n) is 2.76. The molecule has 0 aliphatic rings. The normalized spacial score (nSPS) is 12.3. The van der Waals surface area contributed by atoms with Gasteiger partial charge in [-0.05, 0) is 44.5 Å². The summed E-state index contributed by atoms with van der Waals surface area (Å²) >= 11 is 7.19. The summed E-state index contributed by atoms with van der Waals surface area (Å²) in [5.41, 5.74) is 2.53. The summed E-state index contributed by atoms with van der Waals surface area (Å²) < 4.78 is 1.66. The van der Waals surface area contributed by atoms with Crippen molar-refractivity contribution in [2.45, 2.75) is 38.4 Å². The van der Waals surface area contributed by atoms with Gasteiger partial charge < -0.3 is 10.3 Å². The first-order valence-electron chi connectivity index (χ1n) is 8.69. The highest BCUT2D eigenvalue weighted by molar-refractivity contribution is 7.99. The number of amides is 1. The molecule has 3 aromatic rings. The number of benzene rings is 1. The van der Waals surface area contributed by atoms with Gasteiger partial charge in [0, 0.05) is 22.4 Å². The van der Waals surface area contributed by atoms with Crippen molar-refractivity contribution in [2.24, 2.45) is 0 Å². The van der Waals surface area contributed by atoms with E-state index >= 15 is 0 Å². The molecule has 2 aromatic heterocycles. The van der Waals surface area contributed by atoms with Crippen LogP contribution in [0.15, 0.2) is 40.3 Å². The van der Waals surface area contributed by atoms with Crippen LogP contribution in [0.1, 0.15) is 32.0 Å². The van der Waals surface area contributed by atoms with Crippen molar-refractivity contribution in [1.82, 2.24) is 14.5 Å². The Balaban J connectivity index is 1.85. The molecule has 0 aliphatic heterocycles. The van der Waals surface area contributed by atoms with Gasteiger partial charge in [0.15, 0.2) is 5.16 Å². The molecule has 2 N–H and O–H groups in total.